The first-order valence-corrected chi connectivity index (χ1v) is 12.7. The van der Waals surface area contributed by atoms with Crippen molar-refractivity contribution in [2.45, 2.75) is 110 Å². The van der Waals surface area contributed by atoms with E-state index in [4.69, 9.17) is 0 Å². The number of hydrogen-bond donors (Lipinski definition) is 0. The Hall–Kier alpha value is -0.700. The van der Waals surface area contributed by atoms with Crippen LogP contribution >= 0.6 is 0 Å². The largest absolute Gasteiger partial charge is 2.00 e. The Morgan fingerprint density at radius 2 is 0.906 bits per heavy atom. The van der Waals surface area contributed by atoms with Crippen LogP contribution in [0.5, 0.6) is 11.5 Å². The van der Waals surface area contributed by atoms with E-state index in [-0.39, 0.29) is 49.2 Å². The maximum absolute atomic E-state index is 12.5. The molecule has 0 unspecified atom stereocenters. The summed E-state index contributed by atoms with van der Waals surface area (Å²) in [6, 6.07) is 11.6. The van der Waals surface area contributed by atoms with Crippen LogP contribution in [0.25, 0.3) is 0 Å². The minimum absolute atomic E-state index is 0. The molecule has 172 valence electrons. The van der Waals surface area contributed by atoms with Crippen molar-refractivity contribution in [2.75, 3.05) is 0 Å². The van der Waals surface area contributed by atoms with Crippen molar-refractivity contribution in [1.29, 1.82) is 0 Å². The summed E-state index contributed by atoms with van der Waals surface area (Å²) in [5.41, 5.74) is 3.71. The van der Waals surface area contributed by atoms with Gasteiger partial charge in [-0.1, -0.05) is 126 Å². The van der Waals surface area contributed by atoms with Gasteiger partial charge in [-0.25, -0.2) is 0 Å². The molecule has 0 heterocycles. The van der Waals surface area contributed by atoms with E-state index in [1.165, 1.54) is 64.2 Å². The Kier molecular flexibility index (Phi) is 16.3. The van der Waals surface area contributed by atoms with E-state index in [0.717, 1.165) is 47.9 Å². The Bertz CT molecular complexity index is 693. The first-order valence-electron chi connectivity index (χ1n) is 12.7. The van der Waals surface area contributed by atoms with Gasteiger partial charge in [0.15, 0.2) is 0 Å². The Labute approximate surface area is 226 Å². The molecule has 0 saturated carbocycles. The second-order valence-electron chi connectivity index (χ2n) is 9.10. The van der Waals surface area contributed by atoms with Gasteiger partial charge >= 0.3 is 37.7 Å². The summed E-state index contributed by atoms with van der Waals surface area (Å²) >= 11 is 0. The smallest absolute Gasteiger partial charge is 0.872 e. The molecule has 0 aliphatic rings. The predicted molar refractivity (Wildman–Crippen MR) is 134 cm³/mol. The molecule has 0 aliphatic heterocycles. The van der Waals surface area contributed by atoms with Crippen molar-refractivity contribution >= 4 is 37.7 Å². The third kappa shape index (κ3) is 11.4. The third-order valence-corrected chi connectivity index (χ3v) is 6.28. The van der Waals surface area contributed by atoms with Crippen LogP contribution in [0.1, 0.15) is 113 Å². The molecule has 0 bridgehead atoms. The summed E-state index contributed by atoms with van der Waals surface area (Å²) < 4.78 is 0. The van der Waals surface area contributed by atoms with Crippen molar-refractivity contribution in [2.24, 2.45) is 0 Å². The topological polar surface area (TPSA) is 46.1 Å². The molecule has 0 amide bonds. The van der Waals surface area contributed by atoms with E-state index in [1.807, 2.05) is 12.1 Å². The molecule has 32 heavy (non-hydrogen) atoms. The van der Waals surface area contributed by atoms with Gasteiger partial charge in [0.1, 0.15) is 0 Å². The zero-order chi connectivity index (χ0) is 22.3. The van der Waals surface area contributed by atoms with Crippen molar-refractivity contribution in [3.63, 3.8) is 0 Å². The van der Waals surface area contributed by atoms with Crippen LogP contribution in [0.15, 0.2) is 36.4 Å². The molecule has 0 aliphatic carbocycles. The summed E-state index contributed by atoms with van der Waals surface area (Å²) in [5.74, 6) is 0.137. The fraction of sp³-hybridized carbons (Fsp3) is 0.586. The second kappa shape index (κ2) is 17.7. The van der Waals surface area contributed by atoms with Crippen LogP contribution in [0, 0.1) is 0 Å². The molecule has 0 aromatic heterocycles. The minimum atomic E-state index is 0. The van der Waals surface area contributed by atoms with Gasteiger partial charge in [-0.05, 0) is 43.2 Å². The second-order valence-corrected chi connectivity index (χ2v) is 9.10. The fourth-order valence-electron chi connectivity index (χ4n) is 4.23. The van der Waals surface area contributed by atoms with E-state index in [2.05, 4.69) is 26.0 Å². The minimum Gasteiger partial charge on any atom is -0.872 e. The first kappa shape index (κ1) is 29.3. The Morgan fingerprint density at radius 3 is 1.28 bits per heavy atom. The molecule has 0 radical (unpaired) electrons. The normalized spacial score (nSPS) is 10.8. The molecule has 0 atom stereocenters. The van der Waals surface area contributed by atoms with Crippen molar-refractivity contribution in [3.05, 3.63) is 58.7 Å². The van der Waals surface area contributed by atoms with Gasteiger partial charge in [0, 0.05) is 0 Å². The monoisotopic (exact) mass is 462 g/mol. The standard InChI is InChI=1S/C29H44O2.Ca/c1-3-5-7-9-11-13-15-24-17-19-26(28(30)21-24)23-27-20-18-25(22-29(27)31)16-14-12-10-8-6-4-2;/h17-22,30-31H,3-16,23H2,1-2H3;/q;+2/p-2. The SMILES string of the molecule is CCCCCCCCc1ccc(Cc2ccc(CCCCCCCC)cc2[O-])c([O-])c1.[Ca+2]. The van der Waals surface area contributed by atoms with Crippen LogP contribution < -0.4 is 10.2 Å². The van der Waals surface area contributed by atoms with Crippen LogP contribution in [-0.2, 0) is 19.3 Å². The molecule has 0 saturated heterocycles. The number of aryl methyl sites for hydroxylation is 2. The van der Waals surface area contributed by atoms with Crippen LogP contribution in [-0.4, -0.2) is 37.7 Å². The van der Waals surface area contributed by atoms with Crippen LogP contribution in [0.3, 0.4) is 0 Å². The quantitative estimate of drug-likeness (QED) is 0.202. The van der Waals surface area contributed by atoms with Gasteiger partial charge in [0.2, 0.25) is 0 Å². The summed E-state index contributed by atoms with van der Waals surface area (Å²) in [7, 11) is 0. The molecule has 2 nitrogen and oxygen atoms in total. The zero-order valence-corrected chi connectivity index (χ0v) is 22.8. The van der Waals surface area contributed by atoms with Gasteiger partial charge in [-0.3, -0.25) is 0 Å². The van der Waals surface area contributed by atoms with E-state index in [1.54, 1.807) is 12.1 Å². The number of rotatable bonds is 16. The molecular formula is C29H42CaO2. The molecule has 3 heteroatoms. The molecule has 0 spiro atoms. The van der Waals surface area contributed by atoms with E-state index >= 15 is 0 Å². The van der Waals surface area contributed by atoms with Gasteiger partial charge in [-0.2, -0.15) is 0 Å². The first-order chi connectivity index (χ1) is 15.1. The Balaban J connectivity index is 0.00000512. The van der Waals surface area contributed by atoms with Crippen LogP contribution in [0.4, 0.5) is 0 Å². The maximum atomic E-state index is 12.5. The van der Waals surface area contributed by atoms with E-state index in [0.29, 0.717) is 6.42 Å². The summed E-state index contributed by atoms with van der Waals surface area (Å²) in [6.07, 6.45) is 17.5. The van der Waals surface area contributed by atoms with Gasteiger partial charge in [-0.15, -0.1) is 11.5 Å². The average Bonchev–Trinajstić information content (AvgIpc) is 2.76. The van der Waals surface area contributed by atoms with Crippen LogP contribution in [0.2, 0.25) is 0 Å². The number of unbranched alkanes of at least 4 members (excludes halogenated alkanes) is 10. The van der Waals surface area contributed by atoms with E-state index < -0.39 is 0 Å². The zero-order valence-electron chi connectivity index (χ0n) is 20.6. The maximum Gasteiger partial charge on any atom is 2.00 e. The molecule has 2 aromatic rings. The fourth-order valence-corrected chi connectivity index (χ4v) is 4.23. The van der Waals surface area contributed by atoms with Crippen molar-refractivity contribution in [3.8, 4) is 11.5 Å². The van der Waals surface area contributed by atoms with Gasteiger partial charge in [0.05, 0.1) is 0 Å². The predicted octanol–water partition coefficient (Wildman–Crippen LogP) is 6.85. The Morgan fingerprint density at radius 1 is 0.531 bits per heavy atom. The van der Waals surface area contributed by atoms with Crippen molar-refractivity contribution in [1.82, 2.24) is 0 Å². The molecule has 0 N–H and O–H groups in total. The van der Waals surface area contributed by atoms with Crippen molar-refractivity contribution < 1.29 is 10.2 Å². The summed E-state index contributed by atoms with van der Waals surface area (Å²) in [4.78, 5) is 0. The number of benzene rings is 2. The average molecular weight is 463 g/mol. The summed E-state index contributed by atoms with van der Waals surface area (Å²) in [6.45, 7) is 4.47. The number of hydrogen-bond acceptors (Lipinski definition) is 2. The molecule has 2 aromatic carbocycles. The molecule has 2 rings (SSSR count). The third-order valence-electron chi connectivity index (χ3n) is 6.28. The molecular weight excluding hydrogens is 420 g/mol. The van der Waals surface area contributed by atoms with Gasteiger partial charge in [0.25, 0.3) is 0 Å². The van der Waals surface area contributed by atoms with Gasteiger partial charge < -0.3 is 10.2 Å². The van der Waals surface area contributed by atoms with E-state index in [9.17, 15) is 10.2 Å². The molecule has 0 fully saturated rings. The summed E-state index contributed by atoms with van der Waals surface area (Å²) in [5, 5.41) is 25.1.